The average molecular weight is 509 g/mol. The fourth-order valence-electron chi connectivity index (χ4n) is 5.45. The van der Waals surface area contributed by atoms with Gasteiger partial charge < -0.3 is 14.8 Å². The van der Waals surface area contributed by atoms with Gasteiger partial charge in [0.1, 0.15) is 11.5 Å². The highest BCUT2D eigenvalue weighted by Crippen LogP contribution is 2.46. The number of rotatable bonds is 5. The monoisotopic (exact) mass is 508 g/mol. The van der Waals surface area contributed by atoms with Crippen molar-refractivity contribution in [3.8, 4) is 5.75 Å². The number of aliphatic hydroxyl groups is 1. The standard InChI is InChI=1S/C32H32N2O4/c1-17(2)38-26-12-11-22(16-20(26)5)30(35)28-29(27-21(6)33-25-10-8-7-9-24(25)27)34(32(37)31(28)36)23-14-18(3)13-19(4)15-23/h7-17,29,33,35H,1-6H3/b30-28+. The molecule has 4 aromatic rings. The lowest BCUT2D eigenvalue weighted by Crippen LogP contribution is -2.29. The number of carbonyl (C=O) groups excluding carboxylic acids is 2. The van der Waals surface area contributed by atoms with Crippen LogP contribution in [0.1, 0.15) is 53.4 Å². The largest absolute Gasteiger partial charge is 0.507 e. The van der Waals surface area contributed by atoms with Gasteiger partial charge in [0.05, 0.1) is 17.7 Å². The van der Waals surface area contributed by atoms with E-state index in [9.17, 15) is 14.7 Å². The number of nitrogens with one attached hydrogen (secondary N) is 1. The third-order valence-corrected chi connectivity index (χ3v) is 6.96. The molecule has 194 valence electrons. The zero-order valence-electron chi connectivity index (χ0n) is 22.5. The van der Waals surface area contributed by atoms with Gasteiger partial charge >= 0.3 is 0 Å². The minimum atomic E-state index is -0.806. The first-order chi connectivity index (χ1) is 18.1. The fraction of sp³-hybridized carbons (Fsp3) is 0.250. The van der Waals surface area contributed by atoms with E-state index in [1.165, 1.54) is 4.90 Å². The van der Waals surface area contributed by atoms with Crippen molar-refractivity contribution >= 4 is 34.0 Å². The molecule has 1 saturated heterocycles. The molecule has 2 heterocycles. The number of amides is 1. The second kappa shape index (κ2) is 9.53. The van der Waals surface area contributed by atoms with Crippen molar-refractivity contribution in [2.75, 3.05) is 4.90 Å². The number of ether oxygens (including phenoxy) is 1. The average Bonchev–Trinajstić information content (AvgIpc) is 3.31. The van der Waals surface area contributed by atoms with Gasteiger partial charge in [0.25, 0.3) is 11.7 Å². The highest BCUT2D eigenvalue weighted by atomic mass is 16.5. The predicted octanol–water partition coefficient (Wildman–Crippen LogP) is 6.82. The summed E-state index contributed by atoms with van der Waals surface area (Å²) in [5.74, 6) is -0.875. The van der Waals surface area contributed by atoms with Crippen LogP contribution in [-0.4, -0.2) is 27.9 Å². The number of aliphatic hydroxyl groups excluding tert-OH is 1. The molecular weight excluding hydrogens is 476 g/mol. The molecule has 1 aliphatic heterocycles. The van der Waals surface area contributed by atoms with E-state index in [4.69, 9.17) is 4.74 Å². The molecule has 1 fully saturated rings. The summed E-state index contributed by atoms with van der Waals surface area (Å²) in [4.78, 5) is 32.3. The van der Waals surface area contributed by atoms with E-state index in [0.717, 1.165) is 38.9 Å². The highest BCUT2D eigenvalue weighted by molar-refractivity contribution is 6.52. The quantitative estimate of drug-likeness (QED) is 0.176. The molecule has 3 aromatic carbocycles. The third-order valence-electron chi connectivity index (χ3n) is 6.96. The first-order valence-corrected chi connectivity index (χ1v) is 12.8. The molecule has 0 saturated carbocycles. The lowest BCUT2D eigenvalue weighted by molar-refractivity contribution is -0.132. The van der Waals surface area contributed by atoms with Gasteiger partial charge in [-0.05, 0) is 94.6 Å². The molecule has 0 spiro atoms. The molecule has 1 atom stereocenters. The Kier molecular flexibility index (Phi) is 6.35. The fourth-order valence-corrected chi connectivity index (χ4v) is 5.45. The molecule has 1 aromatic heterocycles. The summed E-state index contributed by atoms with van der Waals surface area (Å²) in [5.41, 5.74) is 6.45. The number of H-pyrrole nitrogens is 1. The van der Waals surface area contributed by atoms with Gasteiger partial charge in [-0.3, -0.25) is 14.5 Å². The maximum Gasteiger partial charge on any atom is 0.300 e. The van der Waals surface area contributed by atoms with Crippen LogP contribution in [-0.2, 0) is 9.59 Å². The molecule has 1 unspecified atom stereocenters. The number of hydrogen-bond donors (Lipinski definition) is 2. The van der Waals surface area contributed by atoms with Gasteiger partial charge in [-0.15, -0.1) is 0 Å². The molecule has 0 bridgehead atoms. The number of Topliss-reactive ketones (excluding diaryl/α,β-unsaturated/α-hetero) is 1. The Morgan fingerprint density at radius 3 is 2.29 bits per heavy atom. The van der Waals surface area contributed by atoms with Crippen LogP contribution in [0.2, 0.25) is 0 Å². The van der Waals surface area contributed by atoms with Crippen LogP contribution in [0.3, 0.4) is 0 Å². The van der Waals surface area contributed by atoms with Crippen molar-refractivity contribution in [3.05, 3.63) is 99.7 Å². The minimum absolute atomic E-state index is 0.00102. The number of hydrogen-bond acceptors (Lipinski definition) is 4. The third kappa shape index (κ3) is 4.26. The van der Waals surface area contributed by atoms with Gasteiger partial charge in [-0.1, -0.05) is 24.3 Å². The number of fused-ring (bicyclic) bond motifs is 1. The number of anilines is 1. The number of ketones is 1. The normalized spacial score (nSPS) is 17.1. The van der Waals surface area contributed by atoms with E-state index in [1.807, 2.05) is 84.0 Å². The first-order valence-electron chi connectivity index (χ1n) is 12.8. The summed E-state index contributed by atoms with van der Waals surface area (Å²) < 4.78 is 5.85. The van der Waals surface area contributed by atoms with Gasteiger partial charge in [0.2, 0.25) is 0 Å². The first kappa shape index (κ1) is 25.3. The molecular formula is C32H32N2O4. The number of para-hydroxylation sites is 1. The molecule has 1 amide bonds. The highest BCUT2D eigenvalue weighted by Gasteiger charge is 2.48. The van der Waals surface area contributed by atoms with Gasteiger partial charge in [0.15, 0.2) is 0 Å². The number of aromatic amines is 1. The Labute approximate surface area is 222 Å². The Balaban J connectivity index is 1.77. The van der Waals surface area contributed by atoms with Crippen LogP contribution in [0.25, 0.3) is 16.7 Å². The van der Waals surface area contributed by atoms with Crippen molar-refractivity contribution in [1.82, 2.24) is 4.98 Å². The number of carbonyl (C=O) groups is 2. The van der Waals surface area contributed by atoms with Crippen molar-refractivity contribution in [3.63, 3.8) is 0 Å². The van der Waals surface area contributed by atoms with Crippen LogP contribution < -0.4 is 9.64 Å². The van der Waals surface area contributed by atoms with Crippen LogP contribution in [0.4, 0.5) is 5.69 Å². The molecule has 6 nitrogen and oxygen atoms in total. The lowest BCUT2D eigenvalue weighted by atomic mass is 9.92. The smallest absolute Gasteiger partial charge is 0.300 e. The van der Waals surface area contributed by atoms with Crippen LogP contribution in [0.15, 0.2) is 66.2 Å². The van der Waals surface area contributed by atoms with E-state index < -0.39 is 17.7 Å². The summed E-state index contributed by atoms with van der Waals surface area (Å²) in [7, 11) is 0. The number of nitrogens with zero attached hydrogens (tertiary/aromatic N) is 1. The van der Waals surface area contributed by atoms with Crippen molar-refractivity contribution < 1.29 is 19.4 Å². The molecule has 0 radical (unpaired) electrons. The van der Waals surface area contributed by atoms with Crippen molar-refractivity contribution in [2.45, 2.75) is 53.7 Å². The lowest BCUT2D eigenvalue weighted by Gasteiger charge is -2.26. The van der Waals surface area contributed by atoms with Crippen molar-refractivity contribution in [1.29, 1.82) is 0 Å². The summed E-state index contributed by atoms with van der Waals surface area (Å²) >= 11 is 0. The molecule has 5 rings (SSSR count). The van der Waals surface area contributed by atoms with Crippen LogP contribution >= 0.6 is 0 Å². The Morgan fingerprint density at radius 1 is 0.947 bits per heavy atom. The predicted molar refractivity (Wildman–Crippen MR) is 151 cm³/mol. The van der Waals surface area contributed by atoms with E-state index in [-0.39, 0.29) is 17.4 Å². The number of benzene rings is 3. The zero-order chi connectivity index (χ0) is 27.3. The molecule has 6 heteroatoms. The topological polar surface area (TPSA) is 82.6 Å². The summed E-state index contributed by atoms with van der Waals surface area (Å²) in [6.07, 6.45) is 0.00102. The maximum absolute atomic E-state index is 13.7. The second-order valence-electron chi connectivity index (χ2n) is 10.4. The summed E-state index contributed by atoms with van der Waals surface area (Å²) in [6, 6.07) is 18.1. The van der Waals surface area contributed by atoms with E-state index >= 15 is 0 Å². The van der Waals surface area contributed by atoms with Crippen LogP contribution in [0.5, 0.6) is 5.75 Å². The molecule has 0 aliphatic carbocycles. The van der Waals surface area contributed by atoms with Gasteiger partial charge in [-0.2, -0.15) is 0 Å². The van der Waals surface area contributed by atoms with Crippen LogP contribution in [0, 0.1) is 27.7 Å². The second-order valence-corrected chi connectivity index (χ2v) is 10.4. The zero-order valence-corrected chi connectivity index (χ0v) is 22.5. The Bertz CT molecular complexity index is 1610. The number of aryl methyl sites for hydroxylation is 4. The van der Waals surface area contributed by atoms with E-state index in [1.54, 1.807) is 18.2 Å². The molecule has 1 aliphatic rings. The summed E-state index contributed by atoms with van der Waals surface area (Å²) in [5, 5.41) is 12.5. The number of aromatic nitrogens is 1. The SMILES string of the molecule is Cc1cc(C)cc(N2C(=O)C(=O)/C(=C(/O)c3ccc(OC(C)C)c(C)c3)C2c2c(C)[nH]c3ccccc23)c1. The molecule has 38 heavy (non-hydrogen) atoms. The van der Waals surface area contributed by atoms with E-state index in [0.29, 0.717) is 17.0 Å². The minimum Gasteiger partial charge on any atom is -0.507 e. The van der Waals surface area contributed by atoms with Crippen molar-refractivity contribution in [2.24, 2.45) is 0 Å². The van der Waals surface area contributed by atoms with E-state index in [2.05, 4.69) is 4.98 Å². The molecule has 2 N–H and O–H groups in total. The Hall–Kier alpha value is -4.32. The summed E-state index contributed by atoms with van der Waals surface area (Å²) in [6.45, 7) is 11.6. The Morgan fingerprint density at radius 2 is 1.63 bits per heavy atom. The maximum atomic E-state index is 13.7. The van der Waals surface area contributed by atoms with Gasteiger partial charge in [-0.25, -0.2) is 0 Å². The van der Waals surface area contributed by atoms with Gasteiger partial charge in [0, 0.05) is 33.4 Å².